The summed E-state index contributed by atoms with van der Waals surface area (Å²) < 4.78 is 13.8. The van der Waals surface area contributed by atoms with Gasteiger partial charge in [0.05, 0.1) is 23.6 Å². The van der Waals surface area contributed by atoms with E-state index in [1.54, 1.807) is 18.2 Å². The molecule has 0 saturated carbocycles. The number of nitrogens with zero attached hydrogens (tertiary/aromatic N) is 2. The lowest BCUT2D eigenvalue weighted by molar-refractivity contribution is 0.608. The van der Waals surface area contributed by atoms with E-state index in [2.05, 4.69) is 4.98 Å². The first kappa shape index (κ1) is 12.3. The molecule has 1 aromatic carbocycles. The highest BCUT2D eigenvalue weighted by Gasteiger charge is 2.21. The lowest BCUT2D eigenvalue weighted by Crippen LogP contribution is -2.05. The molecule has 90 valence electrons. The van der Waals surface area contributed by atoms with Gasteiger partial charge in [0.1, 0.15) is 11.7 Å². The van der Waals surface area contributed by atoms with Gasteiger partial charge in [-0.1, -0.05) is 17.7 Å². The standard InChI is InChI=1S/C13H9ClFN3/c14-10-2-1-3-11(15)13(10)9(6-16)12-5-4-8(17)7-18-12/h1-5,7,9H,17H2. The molecular formula is C13H9ClFN3. The number of halogens is 2. The minimum Gasteiger partial charge on any atom is -0.397 e. The summed E-state index contributed by atoms with van der Waals surface area (Å²) in [6.45, 7) is 0. The van der Waals surface area contributed by atoms with Gasteiger partial charge in [-0.05, 0) is 24.3 Å². The number of hydrogen-bond donors (Lipinski definition) is 1. The van der Waals surface area contributed by atoms with Crippen molar-refractivity contribution in [1.82, 2.24) is 4.98 Å². The average Bonchev–Trinajstić information content (AvgIpc) is 2.35. The molecule has 1 unspecified atom stereocenters. The Bertz CT molecular complexity index is 584. The summed E-state index contributed by atoms with van der Waals surface area (Å²) in [7, 11) is 0. The predicted molar refractivity (Wildman–Crippen MR) is 67.5 cm³/mol. The number of nitrogens with two attached hydrogens (primary N) is 1. The maximum Gasteiger partial charge on any atom is 0.129 e. The molecule has 18 heavy (non-hydrogen) atoms. The molecule has 1 aromatic heterocycles. The Labute approximate surface area is 109 Å². The second-order valence-electron chi connectivity index (χ2n) is 3.71. The van der Waals surface area contributed by atoms with Crippen LogP contribution in [0.5, 0.6) is 0 Å². The fourth-order valence-electron chi connectivity index (χ4n) is 1.65. The molecule has 0 aliphatic heterocycles. The smallest absolute Gasteiger partial charge is 0.129 e. The van der Waals surface area contributed by atoms with Crippen molar-refractivity contribution in [3.63, 3.8) is 0 Å². The molecule has 0 bridgehead atoms. The molecule has 0 aliphatic carbocycles. The van der Waals surface area contributed by atoms with Crippen LogP contribution in [0.4, 0.5) is 10.1 Å². The fourth-order valence-corrected chi connectivity index (χ4v) is 1.92. The molecule has 0 spiro atoms. The Morgan fingerprint density at radius 1 is 1.33 bits per heavy atom. The maximum absolute atomic E-state index is 13.8. The Hall–Kier alpha value is -2.12. The first-order valence-corrected chi connectivity index (χ1v) is 5.56. The molecule has 2 N–H and O–H groups in total. The van der Waals surface area contributed by atoms with Crippen molar-refractivity contribution in [3.8, 4) is 6.07 Å². The van der Waals surface area contributed by atoms with Crippen molar-refractivity contribution in [2.75, 3.05) is 5.73 Å². The minimum atomic E-state index is -0.848. The van der Waals surface area contributed by atoms with E-state index in [9.17, 15) is 9.65 Å². The van der Waals surface area contributed by atoms with E-state index in [1.165, 1.54) is 18.3 Å². The third-order valence-corrected chi connectivity index (χ3v) is 2.85. The number of nitriles is 1. The number of nitrogen functional groups attached to an aromatic ring is 1. The molecule has 0 saturated heterocycles. The topological polar surface area (TPSA) is 62.7 Å². The van der Waals surface area contributed by atoms with E-state index in [0.29, 0.717) is 11.4 Å². The van der Waals surface area contributed by atoms with Crippen molar-refractivity contribution in [3.05, 3.63) is 58.6 Å². The van der Waals surface area contributed by atoms with Gasteiger partial charge >= 0.3 is 0 Å². The van der Waals surface area contributed by atoms with Crippen molar-refractivity contribution >= 4 is 17.3 Å². The predicted octanol–water partition coefficient (Wildman–Crippen LogP) is 3.11. The zero-order valence-electron chi connectivity index (χ0n) is 9.27. The lowest BCUT2D eigenvalue weighted by atomic mass is 9.96. The maximum atomic E-state index is 13.8. The van der Waals surface area contributed by atoms with Gasteiger partial charge in [-0.2, -0.15) is 5.26 Å². The Balaban J connectivity index is 2.53. The molecule has 1 heterocycles. The summed E-state index contributed by atoms with van der Waals surface area (Å²) in [6, 6.07) is 9.51. The van der Waals surface area contributed by atoms with Crippen LogP contribution in [0.1, 0.15) is 17.2 Å². The third kappa shape index (κ3) is 2.27. The van der Waals surface area contributed by atoms with Gasteiger partial charge in [0, 0.05) is 10.6 Å². The first-order valence-electron chi connectivity index (χ1n) is 5.18. The van der Waals surface area contributed by atoms with Gasteiger partial charge in [-0.25, -0.2) is 4.39 Å². The van der Waals surface area contributed by atoms with Gasteiger partial charge in [-0.15, -0.1) is 0 Å². The highest BCUT2D eigenvalue weighted by molar-refractivity contribution is 6.31. The van der Waals surface area contributed by atoms with Crippen LogP contribution in [0, 0.1) is 17.1 Å². The molecule has 2 rings (SSSR count). The molecule has 0 amide bonds. The number of hydrogen-bond acceptors (Lipinski definition) is 3. The fraction of sp³-hybridized carbons (Fsp3) is 0.0769. The van der Waals surface area contributed by atoms with Crippen molar-refractivity contribution < 1.29 is 4.39 Å². The molecule has 5 heteroatoms. The van der Waals surface area contributed by atoms with Gasteiger partial charge < -0.3 is 5.73 Å². The van der Waals surface area contributed by atoms with E-state index in [0.717, 1.165) is 0 Å². The van der Waals surface area contributed by atoms with Crippen molar-refractivity contribution in [2.24, 2.45) is 0 Å². The van der Waals surface area contributed by atoms with E-state index in [-0.39, 0.29) is 10.6 Å². The summed E-state index contributed by atoms with van der Waals surface area (Å²) in [6.07, 6.45) is 1.43. The Kier molecular flexibility index (Phi) is 3.45. The normalized spacial score (nSPS) is 11.8. The van der Waals surface area contributed by atoms with Crippen molar-refractivity contribution in [2.45, 2.75) is 5.92 Å². The van der Waals surface area contributed by atoms with Crippen LogP contribution in [0.3, 0.4) is 0 Å². The number of anilines is 1. The zero-order chi connectivity index (χ0) is 13.1. The molecule has 1 atom stereocenters. The van der Waals surface area contributed by atoms with E-state index >= 15 is 0 Å². The first-order chi connectivity index (χ1) is 8.63. The van der Waals surface area contributed by atoms with Crippen LogP contribution >= 0.6 is 11.6 Å². The van der Waals surface area contributed by atoms with Crippen LogP contribution in [0.2, 0.25) is 5.02 Å². The van der Waals surface area contributed by atoms with E-state index in [1.807, 2.05) is 6.07 Å². The van der Waals surface area contributed by atoms with Gasteiger partial charge in [0.2, 0.25) is 0 Å². The third-order valence-electron chi connectivity index (χ3n) is 2.52. The molecule has 0 fully saturated rings. The SMILES string of the molecule is N#CC(c1ccc(N)cn1)c1c(F)cccc1Cl. The Morgan fingerprint density at radius 3 is 2.67 bits per heavy atom. The highest BCUT2D eigenvalue weighted by Crippen LogP contribution is 2.31. The van der Waals surface area contributed by atoms with Crippen molar-refractivity contribution in [1.29, 1.82) is 5.26 Å². The summed E-state index contributed by atoms with van der Waals surface area (Å²) in [5.74, 6) is -1.37. The average molecular weight is 262 g/mol. The highest BCUT2D eigenvalue weighted by atomic mass is 35.5. The second kappa shape index (κ2) is 5.03. The number of rotatable bonds is 2. The summed E-state index contributed by atoms with van der Waals surface area (Å²) in [5, 5.41) is 9.41. The van der Waals surface area contributed by atoms with Gasteiger partial charge in [0.15, 0.2) is 0 Å². The number of benzene rings is 1. The quantitative estimate of drug-likeness (QED) is 0.903. The van der Waals surface area contributed by atoms with Crippen LogP contribution < -0.4 is 5.73 Å². The molecule has 0 aliphatic rings. The van der Waals surface area contributed by atoms with Crippen LogP contribution in [-0.2, 0) is 0 Å². The summed E-state index contributed by atoms with van der Waals surface area (Å²) >= 11 is 5.94. The van der Waals surface area contributed by atoms with E-state index in [4.69, 9.17) is 17.3 Å². The summed E-state index contributed by atoms with van der Waals surface area (Å²) in [5.41, 5.74) is 6.56. The number of aromatic nitrogens is 1. The largest absolute Gasteiger partial charge is 0.397 e. The second-order valence-corrected chi connectivity index (χ2v) is 4.12. The molecule has 3 nitrogen and oxygen atoms in total. The lowest BCUT2D eigenvalue weighted by Gasteiger charge is -2.11. The Morgan fingerprint density at radius 2 is 2.11 bits per heavy atom. The molecule has 0 radical (unpaired) electrons. The monoisotopic (exact) mass is 261 g/mol. The van der Waals surface area contributed by atoms with E-state index < -0.39 is 11.7 Å². The number of pyridine rings is 1. The van der Waals surface area contributed by atoms with Gasteiger partial charge in [0.25, 0.3) is 0 Å². The minimum absolute atomic E-state index is 0.138. The summed E-state index contributed by atoms with van der Waals surface area (Å²) in [4.78, 5) is 4.04. The molecular weight excluding hydrogens is 253 g/mol. The zero-order valence-corrected chi connectivity index (χ0v) is 10.0. The van der Waals surface area contributed by atoms with Crippen LogP contribution in [0.15, 0.2) is 36.5 Å². The van der Waals surface area contributed by atoms with Crippen LogP contribution in [-0.4, -0.2) is 4.98 Å². The van der Waals surface area contributed by atoms with Gasteiger partial charge in [-0.3, -0.25) is 4.98 Å². The van der Waals surface area contributed by atoms with Crippen LogP contribution in [0.25, 0.3) is 0 Å². The molecule has 2 aromatic rings.